The summed E-state index contributed by atoms with van der Waals surface area (Å²) in [5.74, 6) is 6.44. The fraction of sp³-hybridized carbons (Fsp3) is 0.312. The molecular formula is C16H17NO3S. The predicted molar refractivity (Wildman–Crippen MR) is 82.2 cm³/mol. The van der Waals surface area contributed by atoms with Gasteiger partial charge in [-0.2, -0.15) is 0 Å². The van der Waals surface area contributed by atoms with Crippen LogP contribution in [-0.2, 0) is 0 Å². The minimum Gasteiger partial charge on any atom is -0.467 e. The zero-order valence-electron chi connectivity index (χ0n) is 12.0. The van der Waals surface area contributed by atoms with Crippen LogP contribution in [0.1, 0.15) is 45.3 Å². The largest absolute Gasteiger partial charge is 0.467 e. The molecule has 1 amide bonds. The molecule has 21 heavy (non-hydrogen) atoms. The van der Waals surface area contributed by atoms with Crippen molar-refractivity contribution >= 4 is 17.2 Å². The SMILES string of the molecule is Cc1cc(C(=O)NC(C)c2ccco2)sc1C#CCCO. The number of furan rings is 1. The Balaban J connectivity index is 2.06. The lowest BCUT2D eigenvalue weighted by atomic mass is 10.2. The second-order valence-corrected chi connectivity index (χ2v) is 5.66. The normalized spacial score (nSPS) is 11.6. The number of thiophene rings is 1. The first-order valence-electron chi connectivity index (χ1n) is 6.66. The molecule has 0 aliphatic rings. The Morgan fingerprint density at radius 2 is 2.38 bits per heavy atom. The third-order valence-electron chi connectivity index (χ3n) is 2.90. The van der Waals surface area contributed by atoms with Gasteiger partial charge in [-0.15, -0.1) is 11.3 Å². The van der Waals surface area contributed by atoms with E-state index in [1.165, 1.54) is 11.3 Å². The van der Waals surface area contributed by atoms with Crippen LogP contribution in [0.3, 0.4) is 0 Å². The van der Waals surface area contributed by atoms with Crippen molar-refractivity contribution < 1.29 is 14.3 Å². The Bertz CT molecular complexity index is 661. The van der Waals surface area contributed by atoms with Crippen LogP contribution < -0.4 is 5.32 Å². The first-order chi connectivity index (χ1) is 10.1. The second kappa shape index (κ2) is 7.11. The molecule has 2 aromatic heterocycles. The number of rotatable bonds is 4. The summed E-state index contributed by atoms with van der Waals surface area (Å²) < 4.78 is 5.27. The van der Waals surface area contributed by atoms with Crippen LogP contribution in [-0.4, -0.2) is 17.6 Å². The maximum absolute atomic E-state index is 12.2. The second-order valence-electron chi connectivity index (χ2n) is 4.61. The number of aryl methyl sites for hydroxylation is 1. The van der Waals surface area contributed by atoms with Crippen molar-refractivity contribution in [3.8, 4) is 11.8 Å². The molecule has 1 atom stereocenters. The van der Waals surface area contributed by atoms with Crippen molar-refractivity contribution in [2.75, 3.05) is 6.61 Å². The third-order valence-corrected chi connectivity index (χ3v) is 4.05. The number of amides is 1. The molecule has 1 unspecified atom stereocenters. The van der Waals surface area contributed by atoms with Crippen LogP contribution in [0, 0.1) is 18.8 Å². The predicted octanol–water partition coefficient (Wildman–Crippen LogP) is 2.87. The average molecular weight is 303 g/mol. The van der Waals surface area contributed by atoms with E-state index < -0.39 is 0 Å². The minimum atomic E-state index is -0.182. The first-order valence-corrected chi connectivity index (χ1v) is 7.48. The van der Waals surface area contributed by atoms with Gasteiger partial charge in [0.25, 0.3) is 5.91 Å². The highest BCUT2D eigenvalue weighted by molar-refractivity contribution is 7.14. The van der Waals surface area contributed by atoms with Crippen molar-refractivity contribution in [2.45, 2.75) is 26.3 Å². The molecule has 0 fully saturated rings. The average Bonchev–Trinajstić information content (AvgIpc) is 3.09. The molecule has 2 N–H and O–H groups in total. The molecule has 0 aromatic carbocycles. The molecule has 0 aliphatic carbocycles. The van der Waals surface area contributed by atoms with Gasteiger partial charge in [0.05, 0.1) is 28.7 Å². The summed E-state index contributed by atoms with van der Waals surface area (Å²) in [6.07, 6.45) is 2.02. The molecule has 0 aliphatic heterocycles. The van der Waals surface area contributed by atoms with E-state index in [9.17, 15) is 4.79 Å². The van der Waals surface area contributed by atoms with E-state index in [2.05, 4.69) is 17.2 Å². The summed E-state index contributed by atoms with van der Waals surface area (Å²) in [7, 11) is 0. The molecule has 110 valence electrons. The Labute approximate surface area is 127 Å². The monoisotopic (exact) mass is 303 g/mol. The number of nitrogens with one attached hydrogen (secondary N) is 1. The number of carbonyl (C=O) groups is 1. The lowest BCUT2D eigenvalue weighted by Gasteiger charge is -2.09. The number of aliphatic hydroxyl groups excluding tert-OH is 1. The zero-order valence-corrected chi connectivity index (χ0v) is 12.8. The van der Waals surface area contributed by atoms with Gasteiger partial charge in [-0.05, 0) is 37.6 Å². The fourth-order valence-corrected chi connectivity index (χ4v) is 2.74. The summed E-state index contributed by atoms with van der Waals surface area (Å²) >= 11 is 1.36. The Kier molecular flexibility index (Phi) is 5.20. The standard InChI is InChI=1S/C16H17NO3S/c1-11-10-15(21-14(11)7-3-4-8-18)16(19)17-12(2)13-6-5-9-20-13/h5-6,9-10,12,18H,4,8H2,1-2H3,(H,17,19). The number of aliphatic hydroxyl groups is 1. The molecule has 2 rings (SSSR count). The molecular weight excluding hydrogens is 286 g/mol. The van der Waals surface area contributed by atoms with Crippen molar-refractivity contribution in [3.63, 3.8) is 0 Å². The van der Waals surface area contributed by atoms with Crippen LogP contribution in [0.2, 0.25) is 0 Å². The summed E-state index contributed by atoms with van der Waals surface area (Å²) in [4.78, 5) is 13.7. The summed E-state index contributed by atoms with van der Waals surface area (Å²) in [5, 5.41) is 11.6. The Morgan fingerprint density at radius 1 is 1.57 bits per heavy atom. The smallest absolute Gasteiger partial charge is 0.261 e. The maximum atomic E-state index is 12.2. The molecule has 2 heterocycles. The molecule has 0 saturated heterocycles. The third kappa shape index (κ3) is 3.97. The van der Waals surface area contributed by atoms with Gasteiger partial charge in [0.1, 0.15) is 5.76 Å². The molecule has 0 spiro atoms. The van der Waals surface area contributed by atoms with Crippen LogP contribution in [0.15, 0.2) is 28.9 Å². The van der Waals surface area contributed by atoms with E-state index in [0.29, 0.717) is 11.3 Å². The van der Waals surface area contributed by atoms with Crippen molar-refractivity contribution in [1.82, 2.24) is 5.32 Å². The van der Waals surface area contributed by atoms with Crippen LogP contribution >= 0.6 is 11.3 Å². The van der Waals surface area contributed by atoms with Crippen molar-refractivity contribution in [1.29, 1.82) is 0 Å². The van der Waals surface area contributed by atoms with Gasteiger partial charge < -0.3 is 14.8 Å². The van der Waals surface area contributed by atoms with E-state index in [4.69, 9.17) is 9.52 Å². The van der Waals surface area contributed by atoms with Crippen LogP contribution in [0.4, 0.5) is 0 Å². The zero-order chi connectivity index (χ0) is 15.2. The Morgan fingerprint density at radius 3 is 3.05 bits per heavy atom. The van der Waals surface area contributed by atoms with Gasteiger partial charge >= 0.3 is 0 Å². The van der Waals surface area contributed by atoms with Crippen LogP contribution in [0.5, 0.6) is 0 Å². The fourth-order valence-electron chi connectivity index (χ4n) is 1.79. The van der Waals surface area contributed by atoms with Crippen molar-refractivity contribution in [3.05, 3.63) is 45.5 Å². The van der Waals surface area contributed by atoms with Gasteiger partial charge in [-0.1, -0.05) is 11.8 Å². The maximum Gasteiger partial charge on any atom is 0.261 e. The number of carbonyl (C=O) groups excluding carboxylic acids is 1. The number of hydrogen-bond acceptors (Lipinski definition) is 4. The first kappa shape index (κ1) is 15.4. The van der Waals surface area contributed by atoms with Gasteiger partial charge in [-0.25, -0.2) is 0 Å². The number of hydrogen-bond donors (Lipinski definition) is 2. The molecule has 2 aromatic rings. The topological polar surface area (TPSA) is 62.5 Å². The van der Waals surface area contributed by atoms with Gasteiger partial charge in [-0.3, -0.25) is 4.79 Å². The summed E-state index contributed by atoms with van der Waals surface area (Å²) in [6.45, 7) is 3.84. The lowest BCUT2D eigenvalue weighted by molar-refractivity contribution is 0.0939. The summed E-state index contributed by atoms with van der Waals surface area (Å²) in [5.41, 5.74) is 0.973. The van der Waals surface area contributed by atoms with E-state index >= 15 is 0 Å². The molecule has 0 saturated carbocycles. The van der Waals surface area contributed by atoms with E-state index in [1.54, 1.807) is 12.3 Å². The molecule has 0 radical (unpaired) electrons. The lowest BCUT2D eigenvalue weighted by Crippen LogP contribution is -2.25. The highest BCUT2D eigenvalue weighted by atomic mass is 32.1. The van der Waals surface area contributed by atoms with Gasteiger partial charge in [0.15, 0.2) is 0 Å². The molecule has 0 bridgehead atoms. The van der Waals surface area contributed by atoms with Crippen LogP contribution in [0.25, 0.3) is 0 Å². The van der Waals surface area contributed by atoms with E-state index in [-0.39, 0.29) is 18.6 Å². The highest BCUT2D eigenvalue weighted by Gasteiger charge is 2.16. The van der Waals surface area contributed by atoms with E-state index in [0.717, 1.165) is 16.2 Å². The quantitative estimate of drug-likeness (QED) is 0.854. The Hall–Kier alpha value is -2.03. The van der Waals surface area contributed by atoms with E-state index in [1.807, 2.05) is 26.0 Å². The summed E-state index contributed by atoms with van der Waals surface area (Å²) in [6, 6.07) is 5.27. The van der Waals surface area contributed by atoms with Gasteiger partial charge in [0, 0.05) is 6.42 Å². The molecule has 4 nitrogen and oxygen atoms in total. The minimum absolute atomic E-state index is 0.0471. The molecule has 5 heteroatoms. The van der Waals surface area contributed by atoms with Gasteiger partial charge in [0.2, 0.25) is 0 Å². The highest BCUT2D eigenvalue weighted by Crippen LogP contribution is 2.22. The van der Waals surface area contributed by atoms with Crippen molar-refractivity contribution in [2.24, 2.45) is 0 Å².